The van der Waals surface area contributed by atoms with E-state index in [1.54, 1.807) is 62.8 Å². The molecule has 0 radical (unpaired) electrons. The topological polar surface area (TPSA) is 65.1 Å². The Kier molecular flexibility index (Phi) is 6.52. The second-order valence-electron chi connectivity index (χ2n) is 6.63. The molecule has 0 fully saturated rings. The summed E-state index contributed by atoms with van der Waals surface area (Å²) >= 11 is 0. The summed E-state index contributed by atoms with van der Waals surface area (Å²) in [6.07, 6.45) is 0. The normalized spacial score (nSPS) is 12.1. The Hall–Kier alpha value is -3.19. The van der Waals surface area contributed by atoms with E-state index in [-0.39, 0.29) is 4.90 Å². The fourth-order valence-electron chi connectivity index (χ4n) is 3.20. The second kappa shape index (κ2) is 9.09. The fraction of sp³-hybridized carbons (Fsp3) is 0.217. The molecule has 0 saturated carbocycles. The van der Waals surface area contributed by atoms with Crippen molar-refractivity contribution in [1.82, 2.24) is 0 Å². The van der Waals surface area contributed by atoms with Crippen LogP contribution in [0.15, 0.2) is 77.7 Å². The van der Waals surface area contributed by atoms with Crippen molar-refractivity contribution in [3.63, 3.8) is 0 Å². The first-order chi connectivity index (χ1) is 14.4. The summed E-state index contributed by atoms with van der Waals surface area (Å²) in [5.74, 6) is 1.90. The van der Waals surface area contributed by atoms with Crippen LogP contribution < -0.4 is 18.5 Å². The van der Waals surface area contributed by atoms with Crippen LogP contribution in [0.25, 0.3) is 0 Å². The summed E-state index contributed by atoms with van der Waals surface area (Å²) in [5, 5.41) is 0. The van der Waals surface area contributed by atoms with E-state index in [0.717, 1.165) is 5.56 Å². The molecule has 0 bridgehead atoms. The number of rotatable bonds is 8. The van der Waals surface area contributed by atoms with Crippen molar-refractivity contribution in [1.29, 1.82) is 0 Å². The van der Waals surface area contributed by atoms with E-state index in [1.165, 1.54) is 11.4 Å². The summed E-state index contributed by atoms with van der Waals surface area (Å²) in [4.78, 5) is 0.175. The van der Waals surface area contributed by atoms with Crippen LogP contribution in [-0.4, -0.2) is 29.7 Å². The molecule has 3 aromatic rings. The molecule has 0 spiro atoms. The van der Waals surface area contributed by atoms with Gasteiger partial charge in [0.05, 0.1) is 38.0 Å². The number of anilines is 1. The third-order valence-electron chi connectivity index (χ3n) is 4.87. The van der Waals surface area contributed by atoms with Crippen LogP contribution in [0, 0.1) is 0 Å². The molecular weight excluding hydrogens is 402 g/mol. The van der Waals surface area contributed by atoms with E-state index >= 15 is 0 Å². The Morgan fingerprint density at radius 3 is 1.80 bits per heavy atom. The van der Waals surface area contributed by atoms with E-state index in [4.69, 9.17) is 14.2 Å². The summed E-state index contributed by atoms with van der Waals surface area (Å²) in [6.45, 7) is 1.85. The summed E-state index contributed by atoms with van der Waals surface area (Å²) < 4.78 is 44.5. The van der Waals surface area contributed by atoms with Gasteiger partial charge in [-0.05, 0) is 73.2 Å². The van der Waals surface area contributed by atoms with E-state index in [1.807, 2.05) is 31.2 Å². The van der Waals surface area contributed by atoms with Crippen molar-refractivity contribution in [2.45, 2.75) is 17.9 Å². The van der Waals surface area contributed by atoms with Gasteiger partial charge < -0.3 is 14.2 Å². The van der Waals surface area contributed by atoms with Crippen molar-refractivity contribution < 1.29 is 22.6 Å². The van der Waals surface area contributed by atoms with Crippen LogP contribution in [-0.2, 0) is 10.0 Å². The first-order valence-electron chi connectivity index (χ1n) is 9.37. The number of methoxy groups -OCH3 is 3. The fourth-order valence-corrected chi connectivity index (χ4v) is 4.84. The average Bonchev–Trinajstić information content (AvgIpc) is 2.79. The SMILES string of the molecule is COc1ccc(N(C(C)c2cccc(OC)c2)S(=O)(=O)c2ccc(OC)cc2)cc1. The van der Waals surface area contributed by atoms with E-state index in [2.05, 4.69) is 0 Å². The molecule has 158 valence electrons. The molecule has 0 aromatic heterocycles. The summed E-state index contributed by atoms with van der Waals surface area (Å²) in [5.41, 5.74) is 1.34. The van der Waals surface area contributed by atoms with Gasteiger partial charge in [0.1, 0.15) is 17.2 Å². The zero-order chi connectivity index (χ0) is 21.7. The molecule has 1 atom stereocenters. The van der Waals surface area contributed by atoms with Gasteiger partial charge in [0, 0.05) is 0 Å². The molecule has 0 saturated heterocycles. The number of benzene rings is 3. The van der Waals surface area contributed by atoms with E-state index in [0.29, 0.717) is 22.9 Å². The molecule has 3 aromatic carbocycles. The van der Waals surface area contributed by atoms with Crippen LogP contribution in [0.1, 0.15) is 18.5 Å². The van der Waals surface area contributed by atoms with Gasteiger partial charge in [0.2, 0.25) is 0 Å². The van der Waals surface area contributed by atoms with Crippen molar-refractivity contribution >= 4 is 15.7 Å². The number of sulfonamides is 1. The first-order valence-corrected chi connectivity index (χ1v) is 10.8. The van der Waals surface area contributed by atoms with Crippen LogP contribution in [0.4, 0.5) is 5.69 Å². The van der Waals surface area contributed by atoms with Crippen LogP contribution >= 0.6 is 0 Å². The van der Waals surface area contributed by atoms with Crippen molar-refractivity contribution in [3.05, 3.63) is 78.4 Å². The van der Waals surface area contributed by atoms with E-state index < -0.39 is 16.1 Å². The lowest BCUT2D eigenvalue weighted by Crippen LogP contribution is -2.33. The zero-order valence-corrected chi connectivity index (χ0v) is 18.2. The minimum absolute atomic E-state index is 0.175. The molecule has 0 aliphatic carbocycles. The van der Waals surface area contributed by atoms with Gasteiger partial charge in [-0.25, -0.2) is 8.42 Å². The third kappa shape index (κ3) is 4.36. The van der Waals surface area contributed by atoms with Gasteiger partial charge in [0.15, 0.2) is 0 Å². The lowest BCUT2D eigenvalue weighted by Gasteiger charge is -2.31. The molecule has 0 aliphatic rings. The number of hydrogen-bond acceptors (Lipinski definition) is 5. The minimum atomic E-state index is -3.87. The highest BCUT2D eigenvalue weighted by molar-refractivity contribution is 7.92. The summed E-state index contributed by atoms with van der Waals surface area (Å²) in [7, 11) is 0.822. The van der Waals surface area contributed by atoms with Gasteiger partial charge >= 0.3 is 0 Å². The highest BCUT2D eigenvalue weighted by Crippen LogP contribution is 2.35. The lowest BCUT2D eigenvalue weighted by atomic mass is 10.1. The van der Waals surface area contributed by atoms with Crippen LogP contribution in [0.2, 0.25) is 0 Å². The highest BCUT2D eigenvalue weighted by Gasteiger charge is 2.30. The Bertz CT molecular complexity index is 1080. The zero-order valence-electron chi connectivity index (χ0n) is 17.4. The van der Waals surface area contributed by atoms with Gasteiger partial charge in [-0.3, -0.25) is 4.31 Å². The van der Waals surface area contributed by atoms with Gasteiger partial charge in [-0.15, -0.1) is 0 Å². The van der Waals surface area contributed by atoms with Gasteiger partial charge in [-0.2, -0.15) is 0 Å². The number of hydrogen-bond donors (Lipinski definition) is 0. The van der Waals surface area contributed by atoms with Crippen molar-refractivity contribution in [2.75, 3.05) is 25.6 Å². The van der Waals surface area contributed by atoms with Crippen LogP contribution in [0.3, 0.4) is 0 Å². The van der Waals surface area contributed by atoms with E-state index in [9.17, 15) is 8.42 Å². The first kappa shape index (κ1) is 21.5. The van der Waals surface area contributed by atoms with Crippen LogP contribution in [0.5, 0.6) is 17.2 Å². The Balaban J connectivity index is 2.12. The molecule has 0 aliphatic heterocycles. The van der Waals surface area contributed by atoms with Gasteiger partial charge in [-0.1, -0.05) is 12.1 Å². The monoisotopic (exact) mass is 427 g/mol. The predicted molar refractivity (Wildman–Crippen MR) is 117 cm³/mol. The maximum atomic E-state index is 13.7. The van der Waals surface area contributed by atoms with Crippen molar-refractivity contribution in [2.24, 2.45) is 0 Å². The molecule has 1 unspecified atom stereocenters. The molecule has 0 amide bonds. The molecular formula is C23H25NO5S. The van der Waals surface area contributed by atoms with Gasteiger partial charge in [0.25, 0.3) is 10.0 Å². The maximum Gasteiger partial charge on any atom is 0.264 e. The predicted octanol–water partition coefficient (Wildman–Crippen LogP) is 4.67. The highest BCUT2D eigenvalue weighted by atomic mass is 32.2. The third-order valence-corrected chi connectivity index (χ3v) is 6.78. The second-order valence-corrected chi connectivity index (χ2v) is 8.44. The number of nitrogens with zero attached hydrogens (tertiary/aromatic N) is 1. The molecule has 3 rings (SSSR count). The quantitative estimate of drug-likeness (QED) is 0.523. The average molecular weight is 428 g/mol. The summed E-state index contributed by atoms with van der Waals surface area (Å²) in [6, 6.07) is 20.2. The smallest absolute Gasteiger partial charge is 0.264 e. The Labute approximate surface area is 177 Å². The lowest BCUT2D eigenvalue weighted by molar-refractivity contribution is 0.414. The van der Waals surface area contributed by atoms with Crippen molar-refractivity contribution in [3.8, 4) is 17.2 Å². The molecule has 7 heteroatoms. The molecule has 0 N–H and O–H groups in total. The minimum Gasteiger partial charge on any atom is -0.497 e. The molecule has 6 nitrogen and oxygen atoms in total. The molecule has 30 heavy (non-hydrogen) atoms. The number of ether oxygens (including phenoxy) is 3. The Morgan fingerprint density at radius 2 is 1.27 bits per heavy atom. The molecule has 0 heterocycles. The standard InChI is InChI=1S/C23H25NO5S/c1-17(18-6-5-7-22(16-18)29-4)24(19-8-10-20(27-2)11-9-19)30(25,26)23-14-12-21(28-3)13-15-23/h5-17H,1-4H3. The Morgan fingerprint density at radius 1 is 0.733 bits per heavy atom. The maximum absolute atomic E-state index is 13.7. The largest absolute Gasteiger partial charge is 0.497 e.